The summed E-state index contributed by atoms with van der Waals surface area (Å²) >= 11 is 1.79. The molecule has 0 bridgehead atoms. The fourth-order valence-corrected chi connectivity index (χ4v) is 3.93. The van der Waals surface area contributed by atoms with Crippen LogP contribution in [0, 0.1) is 0 Å². The first kappa shape index (κ1) is 18.6. The van der Waals surface area contributed by atoms with Crippen molar-refractivity contribution < 1.29 is 9.59 Å². The third kappa shape index (κ3) is 4.49. The first-order chi connectivity index (χ1) is 12.5. The van der Waals surface area contributed by atoms with Crippen LogP contribution >= 0.6 is 11.8 Å². The zero-order valence-electron chi connectivity index (χ0n) is 15.3. The van der Waals surface area contributed by atoms with Crippen molar-refractivity contribution in [3.8, 4) is 0 Å². The molecule has 1 aliphatic heterocycles. The van der Waals surface area contributed by atoms with Crippen molar-refractivity contribution in [3.63, 3.8) is 0 Å². The Hall–Kier alpha value is -2.21. The van der Waals surface area contributed by atoms with E-state index in [-0.39, 0.29) is 11.8 Å². The lowest BCUT2D eigenvalue weighted by atomic mass is 10.2. The molecule has 2 aromatic rings. The highest BCUT2D eigenvalue weighted by Gasteiger charge is 2.23. The molecule has 1 aromatic carbocycles. The second-order valence-corrected chi connectivity index (χ2v) is 8.38. The molecular weight excluding hydrogens is 346 g/mol. The summed E-state index contributed by atoms with van der Waals surface area (Å²) in [5.74, 6) is 0.0673. The molecule has 1 aliphatic rings. The zero-order valence-corrected chi connectivity index (χ0v) is 16.1. The van der Waals surface area contributed by atoms with Crippen LogP contribution in [-0.4, -0.2) is 58.0 Å². The molecule has 0 radical (unpaired) electrons. The number of thioether (sulfide) groups is 1. The predicted octanol–water partition coefficient (Wildman–Crippen LogP) is 3.50. The summed E-state index contributed by atoms with van der Waals surface area (Å²) in [4.78, 5) is 33.1. The fourth-order valence-electron chi connectivity index (χ4n) is 3.09. The predicted molar refractivity (Wildman–Crippen MR) is 105 cm³/mol. The molecule has 138 valence electrons. The van der Waals surface area contributed by atoms with Gasteiger partial charge in [0.15, 0.2) is 0 Å². The number of rotatable bonds is 4. The van der Waals surface area contributed by atoms with Gasteiger partial charge in [-0.25, -0.2) is 0 Å². The quantitative estimate of drug-likeness (QED) is 0.837. The molecule has 5 nitrogen and oxygen atoms in total. The molecule has 0 spiro atoms. The third-order valence-corrected chi connectivity index (χ3v) is 5.40. The van der Waals surface area contributed by atoms with Crippen molar-refractivity contribution in [2.75, 3.05) is 26.2 Å². The second-order valence-electron chi connectivity index (χ2n) is 6.73. The molecule has 1 aromatic heterocycles. The molecule has 2 amide bonds. The maximum absolute atomic E-state index is 12.8. The van der Waals surface area contributed by atoms with Gasteiger partial charge in [-0.05, 0) is 36.8 Å². The summed E-state index contributed by atoms with van der Waals surface area (Å²) in [6.07, 6.45) is 4.26. The highest BCUT2D eigenvalue weighted by Crippen LogP contribution is 2.23. The van der Waals surface area contributed by atoms with Crippen molar-refractivity contribution in [3.05, 3.63) is 53.9 Å². The summed E-state index contributed by atoms with van der Waals surface area (Å²) in [7, 11) is 0. The maximum atomic E-state index is 12.8. The molecule has 1 saturated heterocycles. The number of nitrogens with one attached hydrogen (secondary N) is 1. The van der Waals surface area contributed by atoms with Crippen molar-refractivity contribution in [2.45, 2.75) is 30.4 Å². The van der Waals surface area contributed by atoms with Crippen LogP contribution in [0.3, 0.4) is 0 Å². The summed E-state index contributed by atoms with van der Waals surface area (Å²) in [6, 6.07) is 9.61. The van der Waals surface area contributed by atoms with Gasteiger partial charge in [0.25, 0.3) is 11.8 Å². The summed E-state index contributed by atoms with van der Waals surface area (Å²) in [6.45, 7) is 6.80. The minimum atomic E-state index is 0.0237. The molecule has 0 aliphatic carbocycles. The molecule has 1 fully saturated rings. The number of amides is 2. The number of aromatic nitrogens is 1. The van der Waals surface area contributed by atoms with Crippen LogP contribution in [0.15, 0.2) is 47.6 Å². The van der Waals surface area contributed by atoms with E-state index in [9.17, 15) is 9.59 Å². The molecule has 6 heteroatoms. The van der Waals surface area contributed by atoms with Gasteiger partial charge in [-0.15, -0.1) is 11.8 Å². The standard InChI is InChI=1S/C20H25N3O2S/c1-15(2)26-18-6-4-16(5-7-18)19(24)22-10-3-11-23(13-12-22)20(25)17-8-9-21-14-17/h4-9,14-15,21H,3,10-13H2,1-2H3. The Morgan fingerprint density at radius 3 is 2.08 bits per heavy atom. The number of hydrogen-bond acceptors (Lipinski definition) is 3. The van der Waals surface area contributed by atoms with Gasteiger partial charge >= 0.3 is 0 Å². The molecular formula is C20H25N3O2S. The summed E-state index contributed by atoms with van der Waals surface area (Å²) in [5.41, 5.74) is 1.38. The molecule has 2 heterocycles. The Kier molecular flexibility index (Phi) is 6.04. The number of benzene rings is 1. The van der Waals surface area contributed by atoms with Crippen LogP contribution in [0.25, 0.3) is 0 Å². The molecule has 1 N–H and O–H groups in total. The van der Waals surface area contributed by atoms with Crippen LogP contribution in [0.5, 0.6) is 0 Å². The molecule has 3 rings (SSSR count). The Labute approximate surface area is 158 Å². The first-order valence-electron chi connectivity index (χ1n) is 9.02. The van der Waals surface area contributed by atoms with Gasteiger partial charge in [0, 0.05) is 54.3 Å². The van der Waals surface area contributed by atoms with E-state index >= 15 is 0 Å². The number of carbonyl (C=O) groups is 2. The Morgan fingerprint density at radius 2 is 1.54 bits per heavy atom. The van der Waals surface area contributed by atoms with Crippen LogP contribution in [0.1, 0.15) is 41.0 Å². The van der Waals surface area contributed by atoms with Gasteiger partial charge in [0.05, 0.1) is 5.56 Å². The molecule has 0 unspecified atom stereocenters. The summed E-state index contributed by atoms with van der Waals surface area (Å²) < 4.78 is 0. The van der Waals surface area contributed by atoms with E-state index in [0.717, 1.165) is 6.42 Å². The Balaban J connectivity index is 1.61. The van der Waals surface area contributed by atoms with E-state index in [1.165, 1.54) is 4.90 Å². The van der Waals surface area contributed by atoms with Crippen molar-refractivity contribution in [1.82, 2.24) is 14.8 Å². The van der Waals surface area contributed by atoms with Gasteiger partial charge in [0.1, 0.15) is 0 Å². The van der Waals surface area contributed by atoms with E-state index in [0.29, 0.717) is 42.6 Å². The topological polar surface area (TPSA) is 56.4 Å². The second kappa shape index (κ2) is 8.45. The van der Waals surface area contributed by atoms with Crippen LogP contribution in [0.2, 0.25) is 0 Å². The van der Waals surface area contributed by atoms with Crippen LogP contribution in [0.4, 0.5) is 0 Å². The Bertz CT molecular complexity index is 741. The smallest absolute Gasteiger partial charge is 0.255 e. The largest absolute Gasteiger partial charge is 0.367 e. The Morgan fingerprint density at radius 1 is 0.923 bits per heavy atom. The monoisotopic (exact) mass is 371 g/mol. The minimum absolute atomic E-state index is 0.0237. The van der Waals surface area contributed by atoms with E-state index in [2.05, 4.69) is 18.8 Å². The number of carbonyl (C=O) groups excluding carboxylic acids is 2. The number of H-pyrrole nitrogens is 1. The minimum Gasteiger partial charge on any atom is -0.367 e. The number of hydrogen-bond donors (Lipinski definition) is 1. The molecule has 0 atom stereocenters. The van der Waals surface area contributed by atoms with Gasteiger partial charge in [-0.3, -0.25) is 9.59 Å². The first-order valence-corrected chi connectivity index (χ1v) is 9.90. The van der Waals surface area contributed by atoms with E-state index in [1.807, 2.05) is 34.1 Å². The highest BCUT2D eigenvalue weighted by atomic mass is 32.2. The molecule has 0 saturated carbocycles. The van der Waals surface area contributed by atoms with Gasteiger partial charge in [0.2, 0.25) is 0 Å². The number of aromatic amines is 1. The van der Waals surface area contributed by atoms with Crippen molar-refractivity contribution in [2.24, 2.45) is 0 Å². The van der Waals surface area contributed by atoms with E-state index < -0.39 is 0 Å². The number of nitrogens with zero attached hydrogens (tertiary/aromatic N) is 2. The lowest BCUT2D eigenvalue weighted by Gasteiger charge is -2.22. The summed E-state index contributed by atoms with van der Waals surface area (Å²) in [5, 5.41) is 0.519. The van der Waals surface area contributed by atoms with E-state index in [4.69, 9.17) is 0 Å². The van der Waals surface area contributed by atoms with Gasteiger partial charge < -0.3 is 14.8 Å². The fraction of sp³-hybridized carbons (Fsp3) is 0.400. The van der Waals surface area contributed by atoms with Gasteiger partial charge in [-0.2, -0.15) is 0 Å². The van der Waals surface area contributed by atoms with E-state index in [1.54, 1.807) is 30.2 Å². The third-order valence-electron chi connectivity index (χ3n) is 4.39. The van der Waals surface area contributed by atoms with Crippen molar-refractivity contribution in [1.29, 1.82) is 0 Å². The SMILES string of the molecule is CC(C)Sc1ccc(C(=O)N2CCCN(C(=O)c3cc[nH]c3)CC2)cc1. The van der Waals surface area contributed by atoms with Gasteiger partial charge in [-0.1, -0.05) is 13.8 Å². The van der Waals surface area contributed by atoms with Crippen LogP contribution < -0.4 is 0 Å². The van der Waals surface area contributed by atoms with Crippen LogP contribution in [-0.2, 0) is 0 Å². The zero-order chi connectivity index (χ0) is 18.5. The average Bonchev–Trinajstić information content (AvgIpc) is 3.05. The van der Waals surface area contributed by atoms with Crippen molar-refractivity contribution >= 4 is 23.6 Å². The maximum Gasteiger partial charge on any atom is 0.255 e. The highest BCUT2D eigenvalue weighted by molar-refractivity contribution is 7.99. The lowest BCUT2D eigenvalue weighted by molar-refractivity contribution is 0.0719. The molecule has 26 heavy (non-hydrogen) atoms. The normalized spacial score (nSPS) is 15.2. The average molecular weight is 372 g/mol. The lowest BCUT2D eigenvalue weighted by Crippen LogP contribution is -2.37.